The van der Waals surface area contributed by atoms with Crippen LogP contribution in [0.4, 0.5) is 4.39 Å². The second kappa shape index (κ2) is 7.25. The molecule has 0 radical (unpaired) electrons. The molecule has 0 aliphatic rings. The lowest BCUT2D eigenvalue weighted by Gasteiger charge is -2.14. The van der Waals surface area contributed by atoms with Gasteiger partial charge >= 0.3 is 0 Å². The van der Waals surface area contributed by atoms with Gasteiger partial charge in [0.1, 0.15) is 18.2 Å². The molecule has 0 amide bonds. The van der Waals surface area contributed by atoms with Crippen molar-refractivity contribution in [2.45, 2.75) is 19.6 Å². The molecule has 0 heterocycles. The van der Waals surface area contributed by atoms with Crippen molar-refractivity contribution < 1.29 is 9.13 Å². The standard InChI is InChI=1S/C16H16BrClFNO/c1-10(20-2)11-4-6-16(15(18)7-11)21-9-12-3-5-13(19)8-14(12)17/h3-8,10,20H,9H2,1-2H3. The van der Waals surface area contributed by atoms with Crippen LogP contribution >= 0.6 is 27.5 Å². The molecule has 0 aliphatic carbocycles. The molecule has 0 spiro atoms. The van der Waals surface area contributed by atoms with E-state index in [9.17, 15) is 4.39 Å². The number of hydrogen-bond donors (Lipinski definition) is 1. The van der Waals surface area contributed by atoms with Gasteiger partial charge in [-0.15, -0.1) is 0 Å². The summed E-state index contributed by atoms with van der Waals surface area (Å²) >= 11 is 9.56. The number of halogens is 3. The predicted octanol–water partition coefficient (Wildman–Crippen LogP) is 5.10. The highest BCUT2D eigenvalue weighted by atomic mass is 79.9. The lowest BCUT2D eigenvalue weighted by Crippen LogP contribution is -2.12. The van der Waals surface area contributed by atoms with Gasteiger partial charge in [0.05, 0.1) is 5.02 Å². The summed E-state index contributed by atoms with van der Waals surface area (Å²) in [6.45, 7) is 2.38. The van der Waals surface area contributed by atoms with E-state index < -0.39 is 0 Å². The third-order valence-corrected chi connectivity index (χ3v) is 4.32. The normalized spacial score (nSPS) is 12.2. The molecule has 112 valence electrons. The van der Waals surface area contributed by atoms with E-state index in [4.69, 9.17) is 16.3 Å². The van der Waals surface area contributed by atoms with Crippen LogP contribution in [0.3, 0.4) is 0 Å². The Labute approximate surface area is 137 Å². The minimum atomic E-state index is -0.283. The van der Waals surface area contributed by atoms with E-state index in [-0.39, 0.29) is 11.9 Å². The van der Waals surface area contributed by atoms with Crippen molar-refractivity contribution in [3.8, 4) is 5.75 Å². The molecular weight excluding hydrogens is 357 g/mol. The Morgan fingerprint density at radius 3 is 2.67 bits per heavy atom. The zero-order chi connectivity index (χ0) is 15.4. The second-order valence-corrected chi connectivity index (χ2v) is 5.99. The summed E-state index contributed by atoms with van der Waals surface area (Å²) in [5.41, 5.74) is 1.96. The Morgan fingerprint density at radius 1 is 1.29 bits per heavy atom. The van der Waals surface area contributed by atoms with Crippen LogP contribution in [-0.2, 0) is 6.61 Å². The van der Waals surface area contributed by atoms with Crippen molar-refractivity contribution in [3.05, 3.63) is 62.8 Å². The van der Waals surface area contributed by atoms with Crippen molar-refractivity contribution in [2.24, 2.45) is 0 Å². The summed E-state index contributed by atoms with van der Waals surface area (Å²) in [5, 5.41) is 3.72. The second-order valence-electron chi connectivity index (χ2n) is 4.72. The fourth-order valence-corrected chi connectivity index (χ4v) is 2.57. The average Bonchev–Trinajstić information content (AvgIpc) is 2.46. The summed E-state index contributed by atoms with van der Waals surface area (Å²) in [5.74, 6) is 0.328. The molecule has 0 saturated heterocycles. The van der Waals surface area contributed by atoms with Crippen LogP contribution in [0.2, 0.25) is 5.02 Å². The molecule has 5 heteroatoms. The predicted molar refractivity (Wildman–Crippen MR) is 87.4 cm³/mol. The topological polar surface area (TPSA) is 21.3 Å². The van der Waals surface area contributed by atoms with E-state index in [0.29, 0.717) is 21.9 Å². The van der Waals surface area contributed by atoms with Crippen molar-refractivity contribution in [3.63, 3.8) is 0 Å². The molecule has 2 aromatic carbocycles. The highest BCUT2D eigenvalue weighted by molar-refractivity contribution is 9.10. The van der Waals surface area contributed by atoms with Gasteiger partial charge in [0.15, 0.2) is 0 Å². The molecular formula is C16H16BrClFNO. The van der Waals surface area contributed by atoms with Gasteiger partial charge in [-0.2, -0.15) is 0 Å². The van der Waals surface area contributed by atoms with Crippen LogP contribution in [0.5, 0.6) is 5.75 Å². The van der Waals surface area contributed by atoms with Gasteiger partial charge in [0.25, 0.3) is 0 Å². The number of nitrogens with one attached hydrogen (secondary N) is 1. The fraction of sp³-hybridized carbons (Fsp3) is 0.250. The van der Waals surface area contributed by atoms with Crippen LogP contribution in [0, 0.1) is 5.82 Å². The summed E-state index contributed by atoms with van der Waals surface area (Å²) in [6, 6.07) is 10.4. The van der Waals surface area contributed by atoms with Crippen molar-refractivity contribution in [1.82, 2.24) is 5.32 Å². The van der Waals surface area contributed by atoms with Crippen LogP contribution in [0.1, 0.15) is 24.1 Å². The van der Waals surface area contributed by atoms with Gasteiger partial charge in [-0.3, -0.25) is 0 Å². The minimum absolute atomic E-state index is 0.225. The molecule has 0 fully saturated rings. The number of benzene rings is 2. The molecule has 0 saturated carbocycles. The maximum atomic E-state index is 13.0. The van der Waals surface area contributed by atoms with Gasteiger partial charge < -0.3 is 10.1 Å². The van der Waals surface area contributed by atoms with Gasteiger partial charge in [-0.25, -0.2) is 4.39 Å². The van der Waals surface area contributed by atoms with Crippen LogP contribution in [0.25, 0.3) is 0 Å². The molecule has 2 nitrogen and oxygen atoms in total. The molecule has 0 bridgehead atoms. The smallest absolute Gasteiger partial charge is 0.138 e. The van der Waals surface area contributed by atoms with Crippen molar-refractivity contribution >= 4 is 27.5 Å². The van der Waals surface area contributed by atoms with E-state index in [1.54, 1.807) is 6.07 Å². The van der Waals surface area contributed by atoms with Crippen molar-refractivity contribution in [2.75, 3.05) is 7.05 Å². The summed E-state index contributed by atoms with van der Waals surface area (Å²) < 4.78 is 19.4. The van der Waals surface area contributed by atoms with Gasteiger partial charge in [-0.05, 0) is 43.8 Å². The fourth-order valence-electron chi connectivity index (χ4n) is 1.86. The Hall–Kier alpha value is -1.10. The largest absolute Gasteiger partial charge is 0.487 e. The van der Waals surface area contributed by atoms with Gasteiger partial charge in [-0.1, -0.05) is 39.7 Å². The van der Waals surface area contributed by atoms with E-state index in [1.807, 2.05) is 25.2 Å². The Kier molecular flexibility index (Phi) is 5.62. The molecule has 0 aliphatic heterocycles. The third kappa shape index (κ3) is 4.19. The van der Waals surface area contributed by atoms with Crippen molar-refractivity contribution in [1.29, 1.82) is 0 Å². The number of ether oxygens (including phenoxy) is 1. The van der Waals surface area contributed by atoms with E-state index in [1.165, 1.54) is 12.1 Å². The number of hydrogen-bond acceptors (Lipinski definition) is 2. The first-order valence-corrected chi connectivity index (χ1v) is 7.72. The first-order valence-electron chi connectivity index (χ1n) is 6.54. The summed E-state index contributed by atoms with van der Waals surface area (Å²) in [4.78, 5) is 0. The van der Waals surface area contributed by atoms with Crippen LogP contribution in [0.15, 0.2) is 40.9 Å². The molecule has 21 heavy (non-hydrogen) atoms. The SMILES string of the molecule is CNC(C)c1ccc(OCc2ccc(F)cc2Br)c(Cl)c1. The Balaban J connectivity index is 2.10. The van der Waals surface area contributed by atoms with E-state index >= 15 is 0 Å². The van der Waals surface area contributed by atoms with Gasteiger partial charge in [0, 0.05) is 16.1 Å². The highest BCUT2D eigenvalue weighted by Crippen LogP contribution is 2.29. The third-order valence-electron chi connectivity index (χ3n) is 3.29. The molecule has 2 aromatic rings. The summed E-state index contributed by atoms with van der Waals surface area (Å²) in [6.07, 6.45) is 0. The first kappa shape index (κ1) is 16.3. The van der Waals surface area contributed by atoms with E-state index in [2.05, 4.69) is 28.2 Å². The highest BCUT2D eigenvalue weighted by Gasteiger charge is 2.09. The summed E-state index contributed by atoms with van der Waals surface area (Å²) in [7, 11) is 1.90. The first-order chi connectivity index (χ1) is 10.0. The van der Waals surface area contributed by atoms with Gasteiger partial charge in [0.2, 0.25) is 0 Å². The Bertz CT molecular complexity index is 636. The minimum Gasteiger partial charge on any atom is -0.487 e. The molecule has 2 rings (SSSR count). The average molecular weight is 373 g/mol. The van der Waals surface area contributed by atoms with Crippen LogP contribution in [-0.4, -0.2) is 7.05 Å². The Morgan fingerprint density at radius 2 is 2.05 bits per heavy atom. The lowest BCUT2D eigenvalue weighted by molar-refractivity contribution is 0.305. The zero-order valence-corrected chi connectivity index (χ0v) is 14.1. The molecule has 1 N–H and O–H groups in total. The van der Waals surface area contributed by atoms with E-state index in [0.717, 1.165) is 11.1 Å². The molecule has 0 aromatic heterocycles. The molecule has 1 unspecified atom stereocenters. The van der Waals surface area contributed by atoms with Crippen LogP contribution < -0.4 is 10.1 Å². The quantitative estimate of drug-likeness (QED) is 0.788. The lowest BCUT2D eigenvalue weighted by atomic mass is 10.1. The molecule has 1 atom stereocenters. The maximum absolute atomic E-state index is 13.0. The monoisotopic (exact) mass is 371 g/mol. The zero-order valence-electron chi connectivity index (χ0n) is 11.8. The maximum Gasteiger partial charge on any atom is 0.138 e. The number of rotatable bonds is 5.